The van der Waals surface area contributed by atoms with Gasteiger partial charge in [0.25, 0.3) is 5.91 Å². The number of nitrogens with two attached hydrogens (primary N) is 1. The lowest BCUT2D eigenvalue weighted by Gasteiger charge is -2.09. The van der Waals surface area contributed by atoms with Crippen LogP contribution < -0.4 is 15.8 Å². The molecule has 1 amide bonds. The molecule has 0 saturated carbocycles. The molecule has 2 heterocycles. The first-order valence-electron chi connectivity index (χ1n) is 7.80. The molecule has 142 valence electrons. The molecule has 0 aliphatic rings. The fourth-order valence-electron chi connectivity index (χ4n) is 2.48. The van der Waals surface area contributed by atoms with E-state index in [0.29, 0.717) is 26.3 Å². The molecule has 0 aliphatic carbocycles. The van der Waals surface area contributed by atoms with Gasteiger partial charge in [0.1, 0.15) is 15.5 Å². The molecule has 2 aromatic heterocycles. The van der Waals surface area contributed by atoms with Crippen LogP contribution in [0, 0.1) is 13.8 Å². The number of thiophene rings is 1. The summed E-state index contributed by atoms with van der Waals surface area (Å²) < 4.78 is 40.3. The standard InChI is InChI=1S/C17H15F3N4O2S/c1-8-9(2)23-24-16-12(8)13(21)14(27-16)15(25)22-7-10-3-5-11(6-4-10)26-17(18,19)20/h3-6H,7,21H2,1-2H3,(H,22,25). The summed E-state index contributed by atoms with van der Waals surface area (Å²) >= 11 is 1.14. The molecule has 1 aromatic carbocycles. The number of alkyl halides is 3. The van der Waals surface area contributed by atoms with E-state index in [9.17, 15) is 18.0 Å². The molecule has 0 fully saturated rings. The Labute approximate surface area is 156 Å². The van der Waals surface area contributed by atoms with Gasteiger partial charge in [0.15, 0.2) is 0 Å². The van der Waals surface area contributed by atoms with Gasteiger partial charge in [-0.05, 0) is 37.1 Å². The van der Waals surface area contributed by atoms with Crippen LogP contribution in [0.3, 0.4) is 0 Å². The smallest absolute Gasteiger partial charge is 0.406 e. The van der Waals surface area contributed by atoms with Crippen molar-refractivity contribution in [1.82, 2.24) is 15.5 Å². The number of halogens is 3. The predicted octanol–water partition coefficient (Wildman–Crippen LogP) is 3.72. The second-order valence-corrected chi connectivity index (χ2v) is 6.81. The number of nitrogen functional groups attached to an aromatic ring is 1. The first-order valence-corrected chi connectivity index (χ1v) is 8.62. The second kappa shape index (κ2) is 7.03. The average molecular weight is 396 g/mol. The summed E-state index contributed by atoms with van der Waals surface area (Å²) in [5.41, 5.74) is 8.68. The zero-order chi connectivity index (χ0) is 19.8. The monoisotopic (exact) mass is 396 g/mol. The van der Waals surface area contributed by atoms with Gasteiger partial charge >= 0.3 is 6.36 Å². The van der Waals surface area contributed by atoms with E-state index in [-0.39, 0.29) is 18.2 Å². The number of aromatic nitrogens is 2. The van der Waals surface area contributed by atoms with E-state index in [1.165, 1.54) is 24.3 Å². The Morgan fingerprint density at radius 2 is 1.89 bits per heavy atom. The molecule has 10 heteroatoms. The molecule has 0 unspecified atom stereocenters. The highest BCUT2D eigenvalue weighted by Gasteiger charge is 2.31. The normalized spacial score (nSPS) is 11.6. The van der Waals surface area contributed by atoms with Crippen LogP contribution in [0.15, 0.2) is 24.3 Å². The molecular weight excluding hydrogens is 381 g/mol. The van der Waals surface area contributed by atoms with Crippen molar-refractivity contribution >= 4 is 33.1 Å². The molecular formula is C17H15F3N4O2S. The fourth-order valence-corrected chi connectivity index (χ4v) is 3.50. The van der Waals surface area contributed by atoms with Crippen LogP contribution in [0.4, 0.5) is 18.9 Å². The quantitative estimate of drug-likeness (QED) is 0.702. The first-order chi connectivity index (χ1) is 12.7. The van der Waals surface area contributed by atoms with Crippen molar-refractivity contribution in [1.29, 1.82) is 0 Å². The van der Waals surface area contributed by atoms with Gasteiger partial charge in [-0.15, -0.1) is 29.6 Å². The number of carbonyl (C=O) groups is 1. The van der Waals surface area contributed by atoms with Gasteiger partial charge in [-0.25, -0.2) is 0 Å². The number of anilines is 1. The van der Waals surface area contributed by atoms with Crippen molar-refractivity contribution in [3.8, 4) is 5.75 Å². The third kappa shape index (κ3) is 4.11. The predicted molar refractivity (Wildman–Crippen MR) is 95.6 cm³/mol. The minimum absolute atomic E-state index is 0.127. The van der Waals surface area contributed by atoms with Crippen LogP contribution in [-0.4, -0.2) is 22.5 Å². The van der Waals surface area contributed by atoms with E-state index >= 15 is 0 Å². The van der Waals surface area contributed by atoms with Crippen molar-refractivity contribution in [2.45, 2.75) is 26.8 Å². The number of ether oxygens (including phenoxy) is 1. The largest absolute Gasteiger partial charge is 0.573 e. The maximum Gasteiger partial charge on any atom is 0.573 e. The minimum Gasteiger partial charge on any atom is -0.406 e. The average Bonchev–Trinajstić information content (AvgIpc) is 2.93. The van der Waals surface area contributed by atoms with Crippen molar-refractivity contribution in [2.24, 2.45) is 0 Å². The Hall–Kier alpha value is -2.88. The number of hydrogen-bond acceptors (Lipinski definition) is 6. The Balaban J connectivity index is 1.72. The Morgan fingerprint density at radius 1 is 1.22 bits per heavy atom. The van der Waals surface area contributed by atoms with Gasteiger partial charge in [-0.2, -0.15) is 5.10 Å². The van der Waals surface area contributed by atoms with E-state index in [0.717, 1.165) is 22.6 Å². The Kier molecular flexibility index (Phi) is 4.92. The van der Waals surface area contributed by atoms with Gasteiger partial charge in [-0.1, -0.05) is 12.1 Å². The number of hydrogen-bond donors (Lipinski definition) is 2. The lowest BCUT2D eigenvalue weighted by molar-refractivity contribution is -0.274. The fraction of sp³-hybridized carbons (Fsp3) is 0.235. The van der Waals surface area contributed by atoms with Crippen LogP contribution in [-0.2, 0) is 6.54 Å². The van der Waals surface area contributed by atoms with Gasteiger partial charge in [-0.3, -0.25) is 4.79 Å². The molecule has 0 radical (unpaired) electrons. The van der Waals surface area contributed by atoms with Crippen LogP contribution in [0.1, 0.15) is 26.5 Å². The number of aryl methyl sites for hydroxylation is 2. The van der Waals surface area contributed by atoms with Gasteiger partial charge in [0, 0.05) is 11.9 Å². The van der Waals surface area contributed by atoms with Crippen LogP contribution in [0.5, 0.6) is 5.75 Å². The highest BCUT2D eigenvalue weighted by Crippen LogP contribution is 2.34. The summed E-state index contributed by atoms with van der Waals surface area (Å²) in [7, 11) is 0. The van der Waals surface area contributed by atoms with E-state index in [1.807, 2.05) is 13.8 Å². The summed E-state index contributed by atoms with van der Waals surface area (Å²) in [6.07, 6.45) is -4.74. The second-order valence-electron chi connectivity index (χ2n) is 5.81. The Bertz CT molecular complexity index is 1000. The van der Waals surface area contributed by atoms with E-state index in [4.69, 9.17) is 5.73 Å². The van der Waals surface area contributed by atoms with Gasteiger partial charge in [0.2, 0.25) is 0 Å². The van der Waals surface area contributed by atoms with E-state index in [1.54, 1.807) is 0 Å². The van der Waals surface area contributed by atoms with E-state index in [2.05, 4.69) is 20.3 Å². The molecule has 3 rings (SSSR count). The molecule has 0 aliphatic heterocycles. The molecule has 6 nitrogen and oxygen atoms in total. The van der Waals surface area contributed by atoms with Crippen molar-refractivity contribution in [3.05, 3.63) is 46.0 Å². The number of fused-ring (bicyclic) bond motifs is 1. The summed E-state index contributed by atoms with van der Waals surface area (Å²) in [5.74, 6) is -0.709. The molecule has 0 atom stereocenters. The lowest BCUT2D eigenvalue weighted by atomic mass is 10.1. The van der Waals surface area contributed by atoms with Crippen LogP contribution >= 0.6 is 11.3 Å². The molecule has 27 heavy (non-hydrogen) atoms. The molecule has 0 spiro atoms. The first kappa shape index (κ1) is 18.9. The third-order valence-electron chi connectivity index (χ3n) is 3.95. The third-order valence-corrected chi connectivity index (χ3v) is 5.04. The highest BCUT2D eigenvalue weighted by molar-refractivity contribution is 7.21. The summed E-state index contributed by atoms with van der Waals surface area (Å²) in [5, 5.41) is 11.5. The zero-order valence-electron chi connectivity index (χ0n) is 14.3. The van der Waals surface area contributed by atoms with Crippen molar-refractivity contribution in [3.63, 3.8) is 0 Å². The topological polar surface area (TPSA) is 90.1 Å². The molecule has 0 saturated heterocycles. The van der Waals surface area contributed by atoms with E-state index < -0.39 is 6.36 Å². The SMILES string of the molecule is Cc1nnc2sc(C(=O)NCc3ccc(OC(F)(F)F)cc3)c(N)c2c1C. The number of rotatable bonds is 4. The molecule has 3 N–H and O–H groups in total. The number of benzene rings is 1. The summed E-state index contributed by atoms with van der Waals surface area (Å²) in [4.78, 5) is 13.4. The number of amides is 1. The summed E-state index contributed by atoms with van der Waals surface area (Å²) in [6.45, 7) is 3.80. The highest BCUT2D eigenvalue weighted by atomic mass is 32.1. The number of nitrogens with zero attached hydrogens (tertiary/aromatic N) is 2. The summed E-state index contributed by atoms with van der Waals surface area (Å²) in [6, 6.07) is 5.25. The van der Waals surface area contributed by atoms with Crippen molar-refractivity contribution < 1.29 is 22.7 Å². The zero-order valence-corrected chi connectivity index (χ0v) is 15.2. The molecule has 0 bridgehead atoms. The maximum atomic E-state index is 12.5. The lowest BCUT2D eigenvalue weighted by Crippen LogP contribution is -2.22. The maximum absolute atomic E-state index is 12.5. The van der Waals surface area contributed by atoms with Crippen LogP contribution in [0.25, 0.3) is 10.2 Å². The van der Waals surface area contributed by atoms with Crippen molar-refractivity contribution in [2.75, 3.05) is 5.73 Å². The van der Waals surface area contributed by atoms with Gasteiger partial charge < -0.3 is 15.8 Å². The number of carbonyl (C=O) groups excluding carboxylic acids is 1. The Morgan fingerprint density at radius 3 is 2.52 bits per heavy atom. The number of nitrogens with one attached hydrogen (secondary N) is 1. The van der Waals surface area contributed by atoms with Crippen LogP contribution in [0.2, 0.25) is 0 Å². The molecule has 3 aromatic rings. The van der Waals surface area contributed by atoms with Gasteiger partial charge in [0.05, 0.1) is 11.4 Å². The minimum atomic E-state index is -4.74.